The minimum Gasteiger partial charge on any atom is -0.369 e. The molecular formula is C17H24ClN5O3. The average molecular weight is 382 g/mol. The number of nitro benzene ring substituents is 1. The number of benzene rings is 1. The van der Waals surface area contributed by atoms with Crippen LogP contribution in [0.15, 0.2) is 18.2 Å². The van der Waals surface area contributed by atoms with Crippen molar-refractivity contribution in [2.24, 2.45) is 11.7 Å². The first-order valence-electron chi connectivity index (χ1n) is 8.30. The van der Waals surface area contributed by atoms with E-state index in [9.17, 15) is 20.2 Å². The second-order valence-electron chi connectivity index (χ2n) is 6.75. The Morgan fingerprint density at radius 3 is 2.77 bits per heavy atom. The van der Waals surface area contributed by atoms with Gasteiger partial charge < -0.3 is 16.0 Å². The van der Waals surface area contributed by atoms with E-state index in [1.165, 1.54) is 12.1 Å². The van der Waals surface area contributed by atoms with Gasteiger partial charge in [0.25, 0.3) is 5.69 Å². The number of nitrogens with two attached hydrogens (primary N) is 1. The van der Waals surface area contributed by atoms with Crippen LogP contribution in [0.5, 0.6) is 0 Å². The fourth-order valence-electron chi connectivity index (χ4n) is 3.14. The van der Waals surface area contributed by atoms with Crippen molar-refractivity contribution in [2.45, 2.75) is 38.8 Å². The zero-order valence-corrected chi connectivity index (χ0v) is 15.7. The van der Waals surface area contributed by atoms with Gasteiger partial charge in [-0.15, -0.1) is 12.4 Å². The average Bonchev–Trinajstić information content (AvgIpc) is 3.01. The van der Waals surface area contributed by atoms with Crippen LogP contribution in [0.4, 0.5) is 11.4 Å². The minimum atomic E-state index is -0.512. The number of anilines is 1. The summed E-state index contributed by atoms with van der Waals surface area (Å²) in [5.74, 6) is -0.0115. The Morgan fingerprint density at radius 1 is 1.54 bits per heavy atom. The van der Waals surface area contributed by atoms with Gasteiger partial charge in [-0.1, -0.05) is 13.8 Å². The fraction of sp³-hybridized carbons (Fsp3) is 0.529. The Bertz CT molecular complexity index is 704. The molecule has 1 saturated heterocycles. The summed E-state index contributed by atoms with van der Waals surface area (Å²) in [4.78, 5) is 24.0. The number of amides is 1. The predicted octanol–water partition coefficient (Wildman–Crippen LogP) is 1.96. The molecule has 0 radical (unpaired) electrons. The number of nitro groups is 1. The summed E-state index contributed by atoms with van der Waals surface area (Å²) in [6, 6.07) is 6.04. The van der Waals surface area contributed by atoms with Gasteiger partial charge >= 0.3 is 0 Å². The van der Waals surface area contributed by atoms with Gasteiger partial charge in [0.05, 0.1) is 22.2 Å². The molecule has 0 saturated carbocycles. The third kappa shape index (κ3) is 5.31. The monoisotopic (exact) mass is 381 g/mol. The number of nitrogens with zero attached hydrogens (tertiary/aromatic N) is 3. The lowest BCUT2D eigenvalue weighted by Crippen LogP contribution is -2.48. The molecule has 3 N–H and O–H groups in total. The molecule has 0 aliphatic carbocycles. The quantitative estimate of drug-likeness (QED) is 0.549. The number of primary amides is 1. The highest BCUT2D eigenvalue weighted by Gasteiger charge is 2.28. The largest absolute Gasteiger partial charge is 0.369 e. The van der Waals surface area contributed by atoms with E-state index in [2.05, 4.69) is 5.32 Å². The molecule has 1 fully saturated rings. The standard InChI is InChI=1S/C17H23N5O3.ClH/c1-11(2)7-15(17(19)23)20-13-5-6-21(10-13)16-4-3-14(22(24)25)8-12(16)9-18;/h3-4,8,11,13,15,20H,5-7,10H2,1-2H3,(H2,19,23);1H/t13-,15-;/m0./s1. The van der Waals surface area contributed by atoms with Crippen molar-refractivity contribution in [1.82, 2.24) is 5.32 Å². The normalized spacial score (nSPS) is 17.5. The van der Waals surface area contributed by atoms with Crippen LogP contribution in [0.3, 0.4) is 0 Å². The van der Waals surface area contributed by atoms with E-state index < -0.39 is 4.92 Å². The van der Waals surface area contributed by atoms with E-state index >= 15 is 0 Å². The van der Waals surface area contributed by atoms with Crippen LogP contribution in [0, 0.1) is 27.4 Å². The molecule has 2 atom stereocenters. The third-order valence-electron chi connectivity index (χ3n) is 4.33. The molecule has 1 aromatic rings. The summed E-state index contributed by atoms with van der Waals surface area (Å²) in [6.07, 6.45) is 1.48. The highest BCUT2D eigenvalue weighted by molar-refractivity contribution is 5.85. The number of hydrogen-bond acceptors (Lipinski definition) is 6. The van der Waals surface area contributed by atoms with Crippen LogP contribution in [-0.2, 0) is 4.79 Å². The Hall–Kier alpha value is -2.37. The number of nitriles is 1. The molecule has 0 bridgehead atoms. The van der Waals surface area contributed by atoms with Gasteiger partial charge in [0, 0.05) is 31.3 Å². The molecule has 0 aromatic heterocycles. The van der Waals surface area contributed by atoms with Gasteiger partial charge in [-0.05, 0) is 24.8 Å². The van der Waals surface area contributed by atoms with Gasteiger partial charge in [0.1, 0.15) is 6.07 Å². The maximum absolute atomic E-state index is 11.6. The number of nitrogens with one attached hydrogen (secondary N) is 1. The lowest BCUT2D eigenvalue weighted by molar-refractivity contribution is -0.384. The molecule has 26 heavy (non-hydrogen) atoms. The molecular weight excluding hydrogens is 358 g/mol. The summed E-state index contributed by atoms with van der Waals surface area (Å²) in [5.41, 5.74) is 6.34. The van der Waals surface area contributed by atoms with Crippen molar-refractivity contribution < 1.29 is 9.72 Å². The third-order valence-corrected chi connectivity index (χ3v) is 4.33. The van der Waals surface area contributed by atoms with Gasteiger partial charge in [-0.2, -0.15) is 5.26 Å². The molecule has 0 unspecified atom stereocenters. The van der Waals surface area contributed by atoms with Gasteiger partial charge in [0.15, 0.2) is 0 Å². The topological polar surface area (TPSA) is 125 Å². The van der Waals surface area contributed by atoms with Crippen molar-refractivity contribution in [3.8, 4) is 6.07 Å². The molecule has 0 spiro atoms. The van der Waals surface area contributed by atoms with Crippen molar-refractivity contribution >= 4 is 29.7 Å². The van der Waals surface area contributed by atoms with E-state index in [0.29, 0.717) is 31.1 Å². The maximum Gasteiger partial charge on any atom is 0.270 e. The number of non-ortho nitro benzene ring substituents is 1. The first kappa shape index (κ1) is 21.7. The summed E-state index contributed by atoms with van der Waals surface area (Å²) < 4.78 is 0. The highest BCUT2D eigenvalue weighted by Crippen LogP contribution is 2.28. The van der Waals surface area contributed by atoms with Crippen LogP contribution in [-0.4, -0.2) is 36.0 Å². The molecule has 1 heterocycles. The first-order chi connectivity index (χ1) is 11.8. The number of rotatable bonds is 7. The predicted molar refractivity (Wildman–Crippen MR) is 101 cm³/mol. The van der Waals surface area contributed by atoms with Gasteiger partial charge in [0.2, 0.25) is 5.91 Å². The van der Waals surface area contributed by atoms with Crippen LogP contribution < -0.4 is 16.0 Å². The van der Waals surface area contributed by atoms with E-state index in [4.69, 9.17) is 5.73 Å². The van der Waals surface area contributed by atoms with E-state index in [1.54, 1.807) is 6.07 Å². The Labute approximate surface area is 158 Å². The smallest absolute Gasteiger partial charge is 0.270 e. The second kappa shape index (κ2) is 9.36. The Balaban J connectivity index is 0.00000338. The summed E-state index contributed by atoms with van der Waals surface area (Å²) in [6.45, 7) is 5.40. The number of carbonyl (C=O) groups excluding carboxylic acids is 1. The highest BCUT2D eigenvalue weighted by atomic mass is 35.5. The molecule has 9 heteroatoms. The molecule has 2 rings (SSSR count). The SMILES string of the molecule is CC(C)C[C@H](N[C@H]1CCN(c2ccc([N+](=O)[O-])cc2C#N)C1)C(N)=O.Cl. The lowest BCUT2D eigenvalue weighted by Gasteiger charge is -2.23. The van der Waals surface area contributed by atoms with Crippen LogP contribution in [0.1, 0.15) is 32.3 Å². The first-order valence-corrected chi connectivity index (χ1v) is 8.30. The Kier molecular flexibility index (Phi) is 7.80. The molecule has 1 aromatic carbocycles. The number of halogens is 1. The van der Waals surface area contributed by atoms with Crippen molar-refractivity contribution in [3.05, 3.63) is 33.9 Å². The van der Waals surface area contributed by atoms with Gasteiger partial charge in [-0.3, -0.25) is 14.9 Å². The molecule has 1 aliphatic rings. The van der Waals surface area contributed by atoms with Crippen LogP contribution in [0.2, 0.25) is 0 Å². The second-order valence-corrected chi connectivity index (χ2v) is 6.75. The summed E-state index contributed by atoms with van der Waals surface area (Å²) in [7, 11) is 0. The van der Waals surface area contributed by atoms with E-state index in [-0.39, 0.29) is 41.6 Å². The van der Waals surface area contributed by atoms with Crippen molar-refractivity contribution in [2.75, 3.05) is 18.0 Å². The molecule has 142 valence electrons. The van der Waals surface area contributed by atoms with Crippen molar-refractivity contribution in [3.63, 3.8) is 0 Å². The maximum atomic E-state index is 11.6. The number of carbonyl (C=O) groups is 1. The summed E-state index contributed by atoms with van der Waals surface area (Å²) >= 11 is 0. The molecule has 1 aliphatic heterocycles. The number of hydrogen-bond donors (Lipinski definition) is 2. The zero-order chi connectivity index (χ0) is 18.6. The van der Waals surface area contributed by atoms with E-state index in [0.717, 1.165) is 6.42 Å². The lowest BCUT2D eigenvalue weighted by atomic mass is 10.0. The fourth-order valence-corrected chi connectivity index (χ4v) is 3.14. The van der Waals surface area contributed by atoms with Crippen LogP contribution >= 0.6 is 12.4 Å². The van der Waals surface area contributed by atoms with Crippen LogP contribution in [0.25, 0.3) is 0 Å². The minimum absolute atomic E-state index is 0. The summed E-state index contributed by atoms with van der Waals surface area (Å²) in [5, 5.41) is 23.5. The molecule has 8 nitrogen and oxygen atoms in total. The van der Waals surface area contributed by atoms with Gasteiger partial charge in [-0.25, -0.2) is 0 Å². The van der Waals surface area contributed by atoms with Crippen molar-refractivity contribution in [1.29, 1.82) is 5.26 Å². The Morgan fingerprint density at radius 2 is 2.23 bits per heavy atom. The zero-order valence-electron chi connectivity index (χ0n) is 14.8. The van der Waals surface area contributed by atoms with E-state index in [1.807, 2.05) is 24.8 Å². The molecule has 1 amide bonds.